The molecule has 0 aliphatic carbocycles. The van der Waals surface area contributed by atoms with Crippen molar-refractivity contribution in [2.45, 2.75) is 31.3 Å². The van der Waals surface area contributed by atoms with Crippen molar-refractivity contribution in [2.24, 2.45) is 0 Å². The van der Waals surface area contributed by atoms with Crippen molar-refractivity contribution in [3.63, 3.8) is 0 Å². The molecule has 0 unspecified atom stereocenters. The van der Waals surface area contributed by atoms with Gasteiger partial charge in [0, 0.05) is 6.20 Å². The molecule has 38 heavy (non-hydrogen) atoms. The van der Waals surface area contributed by atoms with Crippen molar-refractivity contribution in [1.29, 1.82) is 0 Å². The Morgan fingerprint density at radius 3 is 2.68 bits per heavy atom. The first-order chi connectivity index (χ1) is 17.8. The summed E-state index contributed by atoms with van der Waals surface area (Å²) in [5.41, 5.74) is -1.47. The van der Waals surface area contributed by atoms with Crippen LogP contribution < -0.4 is 14.2 Å². The number of nitrogens with one attached hydrogen (secondary N) is 2. The van der Waals surface area contributed by atoms with Gasteiger partial charge in [-0.05, 0) is 49.2 Å². The van der Waals surface area contributed by atoms with Gasteiger partial charge in [-0.15, -0.1) is 0 Å². The number of alkyl halides is 3. The van der Waals surface area contributed by atoms with E-state index in [4.69, 9.17) is 16.3 Å². The standard InChI is InChI=1S/C24H20ClF3N4O5S/c1-3-8-37-19-12-32(34)23-15(6-7-29-23)20(19)22(33)21-18(9-13(2)11-30-21)31-38(35,36)14-4-5-17(25)16(10-14)24(26,27)28/h4-7,9-12,29,31H,3,8H2,1-2H3. The molecule has 0 amide bonds. The molecule has 3 heterocycles. The Hall–Kier alpha value is -3.84. The highest BCUT2D eigenvalue weighted by Gasteiger charge is 2.35. The summed E-state index contributed by atoms with van der Waals surface area (Å²) in [5, 5.41) is 12.0. The fourth-order valence-electron chi connectivity index (χ4n) is 3.71. The number of sulfonamides is 1. The summed E-state index contributed by atoms with van der Waals surface area (Å²) in [6.07, 6.45) is -0.465. The van der Waals surface area contributed by atoms with Gasteiger partial charge in [-0.1, -0.05) is 18.5 Å². The minimum atomic E-state index is -4.89. The van der Waals surface area contributed by atoms with Gasteiger partial charge >= 0.3 is 6.18 Å². The number of rotatable bonds is 8. The van der Waals surface area contributed by atoms with Crippen molar-refractivity contribution in [3.05, 3.63) is 81.5 Å². The number of aromatic amines is 1. The predicted octanol–water partition coefficient (Wildman–Crippen LogP) is 5.00. The Morgan fingerprint density at radius 2 is 2.00 bits per heavy atom. The van der Waals surface area contributed by atoms with Crippen LogP contribution in [0.4, 0.5) is 18.9 Å². The Morgan fingerprint density at radius 1 is 1.26 bits per heavy atom. The molecule has 14 heteroatoms. The Kier molecular flexibility index (Phi) is 7.26. The lowest BCUT2D eigenvalue weighted by Crippen LogP contribution is -2.28. The molecule has 4 aromatic rings. The molecule has 9 nitrogen and oxygen atoms in total. The van der Waals surface area contributed by atoms with E-state index in [1.54, 1.807) is 6.92 Å². The number of anilines is 1. The summed E-state index contributed by atoms with van der Waals surface area (Å²) in [6.45, 7) is 3.61. The number of H-pyrrole nitrogens is 1. The van der Waals surface area contributed by atoms with E-state index in [0.29, 0.717) is 22.8 Å². The highest BCUT2D eigenvalue weighted by atomic mass is 35.5. The highest BCUT2D eigenvalue weighted by molar-refractivity contribution is 7.92. The first kappa shape index (κ1) is 27.2. The highest BCUT2D eigenvalue weighted by Crippen LogP contribution is 2.36. The largest absolute Gasteiger partial charge is 0.710 e. The number of nitrogens with zero attached hydrogens (tertiary/aromatic N) is 2. The number of fused-ring (bicyclic) bond motifs is 1. The minimum absolute atomic E-state index is 0.0375. The molecule has 0 radical (unpaired) electrons. The van der Waals surface area contributed by atoms with E-state index in [2.05, 4.69) is 14.7 Å². The minimum Gasteiger partial charge on any atom is -0.710 e. The van der Waals surface area contributed by atoms with Gasteiger partial charge in [0.15, 0.2) is 5.75 Å². The molecule has 3 aromatic heterocycles. The van der Waals surface area contributed by atoms with Crippen LogP contribution in [0.2, 0.25) is 5.02 Å². The molecule has 0 aliphatic rings. The number of aromatic nitrogens is 3. The molecule has 200 valence electrons. The summed E-state index contributed by atoms with van der Waals surface area (Å²) in [6, 6.07) is 4.94. The molecule has 4 rings (SSSR count). The third-order valence-corrected chi connectivity index (χ3v) is 7.11. The number of hydrogen-bond donors (Lipinski definition) is 2. The number of ether oxygens (including phenoxy) is 1. The first-order valence-corrected chi connectivity index (χ1v) is 13.0. The maximum Gasteiger partial charge on any atom is 0.417 e. The van der Waals surface area contributed by atoms with Gasteiger partial charge in [-0.3, -0.25) is 14.5 Å². The van der Waals surface area contributed by atoms with Crippen LogP contribution in [0.5, 0.6) is 5.75 Å². The van der Waals surface area contributed by atoms with Crippen molar-refractivity contribution in [3.8, 4) is 5.75 Å². The van der Waals surface area contributed by atoms with E-state index in [1.807, 2.05) is 6.92 Å². The lowest BCUT2D eigenvalue weighted by molar-refractivity contribution is -0.579. The van der Waals surface area contributed by atoms with E-state index in [-0.39, 0.29) is 40.3 Å². The summed E-state index contributed by atoms with van der Waals surface area (Å²) >= 11 is 5.62. The fraction of sp³-hybridized carbons (Fsp3) is 0.208. The molecule has 0 spiro atoms. The zero-order valence-electron chi connectivity index (χ0n) is 19.9. The fourth-order valence-corrected chi connectivity index (χ4v) is 5.02. The third-order valence-electron chi connectivity index (χ3n) is 5.42. The number of benzene rings is 1. The maximum absolute atomic E-state index is 13.8. The second kappa shape index (κ2) is 10.1. The maximum atomic E-state index is 13.8. The Labute approximate surface area is 219 Å². The molecule has 2 N–H and O–H groups in total. The SMILES string of the molecule is CCCOc1c[n+]([O-])c2[nH]ccc2c1C(=O)c1ncc(C)cc1NS(=O)(=O)c1ccc(Cl)c(C(F)(F)F)c1. The van der Waals surface area contributed by atoms with Crippen LogP contribution >= 0.6 is 11.6 Å². The number of pyridine rings is 2. The molecular weight excluding hydrogens is 549 g/mol. The second-order valence-electron chi connectivity index (χ2n) is 8.27. The van der Waals surface area contributed by atoms with Gasteiger partial charge in [0.1, 0.15) is 11.9 Å². The van der Waals surface area contributed by atoms with Crippen LogP contribution in [0, 0.1) is 12.1 Å². The van der Waals surface area contributed by atoms with Gasteiger partial charge < -0.3 is 9.94 Å². The normalized spacial score (nSPS) is 12.1. The van der Waals surface area contributed by atoms with Crippen LogP contribution in [0.25, 0.3) is 11.0 Å². The molecule has 0 saturated heterocycles. The van der Waals surface area contributed by atoms with Gasteiger partial charge in [-0.2, -0.15) is 13.2 Å². The van der Waals surface area contributed by atoms with Gasteiger partial charge in [0.2, 0.25) is 5.78 Å². The van der Waals surface area contributed by atoms with Crippen molar-refractivity contribution in [2.75, 3.05) is 11.3 Å². The summed E-state index contributed by atoms with van der Waals surface area (Å²) in [4.78, 5) is 19.9. The number of hydrogen-bond acceptors (Lipinski definition) is 6. The first-order valence-electron chi connectivity index (χ1n) is 11.1. The van der Waals surface area contributed by atoms with Gasteiger partial charge in [-0.25, -0.2) is 18.1 Å². The zero-order chi connectivity index (χ0) is 27.8. The summed E-state index contributed by atoms with van der Waals surface area (Å²) in [7, 11) is -4.62. The molecule has 0 fully saturated rings. The van der Waals surface area contributed by atoms with Crippen LogP contribution in [0.15, 0.2) is 53.8 Å². The third kappa shape index (κ3) is 5.24. The average Bonchev–Trinajstić information content (AvgIpc) is 3.32. The van der Waals surface area contributed by atoms with E-state index < -0.39 is 37.5 Å². The van der Waals surface area contributed by atoms with E-state index >= 15 is 0 Å². The van der Waals surface area contributed by atoms with Crippen LogP contribution in [0.1, 0.15) is 40.5 Å². The molecule has 0 aliphatic heterocycles. The van der Waals surface area contributed by atoms with Gasteiger partial charge in [0.25, 0.3) is 15.7 Å². The van der Waals surface area contributed by atoms with Crippen LogP contribution in [-0.4, -0.2) is 30.8 Å². The average molecular weight is 569 g/mol. The molecular formula is C24H20ClF3N4O5S. The Balaban J connectivity index is 1.83. The zero-order valence-corrected chi connectivity index (χ0v) is 21.5. The van der Waals surface area contributed by atoms with E-state index in [9.17, 15) is 31.6 Å². The van der Waals surface area contributed by atoms with Crippen LogP contribution in [-0.2, 0) is 16.2 Å². The number of ketones is 1. The quantitative estimate of drug-likeness (QED) is 0.175. The predicted molar refractivity (Wildman–Crippen MR) is 133 cm³/mol. The number of halogens is 4. The summed E-state index contributed by atoms with van der Waals surface area (Å²) in [5.74, 6) is -0.811. The molecule has 0 saturated carbocycles. The van der Waals surface area contributed by atoms with Crippen LogP contribution in [0.3, 0.4) is 0 Å². The van der Waals surface area contributed by atoms with E-state index in [0.717, 1.165) is 18.3 Å². The molecule has 1 aromatic carbocycles. The summed E-state index contributed by atoms with van der Waals surface area (Å²) < 4.78 is 74.5. The Bertz CT molecular complexity index is 1660. The lowest BCUT2D eigenvalue weighted by Gasteiger charge is -2.16. The monoisotopic (exact) mass is 568 g/mol. The smallest absolute Gasteiger partial charge is 0.417 e. The number of carbonyl (C=O) groups is 1. The van der Waals surface area contributed by atoms with Crippen molar-refractivity contribution < 1.29 is 35.9 Å². The van der Waals surface area contributed by atoms with Crippen molar-refractivity contribution >= 4 is 44.1 Å². The van der Waals surface area contributed by atoms with Gasteiger partial charge in [0.05, 0.1) is 44.9 Å². The molecule has 0 atom stereocenters. The number of carbonyl (C=O) groups excluding carboxylic acids is 1. The van der Waals surface area contributed by atoms with E-state index in [1.165, 1.54) is 24.5 Å². The lowest BCUT2D eigenvalue weighted by atomic mass is 10.0. The molecule has 0 bridgehead atoms. The van der Waals surface area contributed by atoms with Crippen molar-refractivity contribution in [1.82, 2.24) is 9.97 Å². The topological polar surface area (TPSA) is 128 Å². The second-order valence-corrected chi connectivity index (χ2v) is 10.4. The number of aryl methyl sites for hydroxylation is 1.